The summed E-state index contributed by atoms with van der Waals surface area (Å²) in [7, 11) is 0. The molecule has 6 heteroatoms. The van der Waals surface area contributed by atoms with Gasteiger partial charge in [-0.25, -0.2) is 0 Å². The number of rotatable bonds is 3. The predicted molar refractivity (Wildman–Crippen MR) is 59.0 cm³/mol. The second kappa shape index (κ2) is 4.58. The fraction of sp³-hybridized carbons (Fsp3) is 0.800. The van der Waals surface area contributed by atoms with E-state index in [-0.39, 0.29) is 5.25 Å². The van der Waals surface area contributed by atoms with Gasteiger partial charge in [-0.15, -0.1) is 11.8 Å². The van der Waals surface area contributed by atoms with E-state index in [4.69, 9.17) is 10.8 Å². The van der Waals surface area contributed by atoms with Crippen molar-refractivity contribution >= 4 is 11.8 Å². The molecule has 94 valence electrons. The van der Waals surface area contributed by atoms with Crippen LogP contribution in [-0.2, 0) is 0 Å². The summed E-state index contributed by atoms with van der Waals surface area (Å²) in [5.41, 5.74) is 5.97. The molecule has 16 heavy (non-hydrogen) atoms. The number of aliphatic hydroxyl groups is 1. The summed E-state index contributed by atoms with van der Waals surface area (Å²) in [4.78, 5) is 0. The average molecular weight is 255 g/mol. The van der Waals surface area contributed by atoms with E-state index in [1.54, 1.807) is 6.92 Å². The quantitative estimate of drug-likeness (QED) is 0.814. The number of aliphatic hydroxyl groups excluding tert-OH is 1. The largest absolute Gasteiger partial charge is 0.414 e. The van der Waals surface area contributed by atoms with Crippen LogP contribution >= 0.6 is 11.8 Å². The first-order valence-electron chi connectivity index (χ1n) is 4.97. The lowest BCUT2D eigenvalue weighted by molar-refractivity contribution is -0.208. The van der Waals surface area contributed by atoms with Crippen molar-refractivity contribution in [3.63, 3.8) is 0 Å². The van der Waals surface area contributed by atoms with E-state index in [1.165, 1.54) is 11.8 Å². The minimum atomic E-state index is -4.59. The summed E-state index contributed by atoms with van der Waals surface area (Å²) < 4.78 is 36.7. The van der Waals surface area contributed by atoms with Gasteiger partial charge in [-0.3, -0.25) is 0 Å². The van der Waals surface area contributed by atoms with Gasteiger partial charge >= 0.3 is 6.18 Å². The molecule has 1 aliphatic rings. The molecule has 0 bridgehead atoms. The molecule has 1 heterocycles. The van der Waals surface area contributed by atoms with Crippen molar-refractivity contribution in [1.82, 2.24) is 0 Å². The standard InChI is InChI=1S/C10H16F3NOS/c1-6-3-8(16-5-6)9(2,14)4-7(15)10(11,12)13/h5,7-8,15H,3-4,14H2,1-2H3. The molecular weight excluding hydrogens is 239 g/mol. The average Bonchev–Trinajstić information content (AvgIpc) is 2.49. The van der Waals surface area contributed by atoms with Crippen molar-refractivity contribution in [3.05, 3.63) is 11.0 Å². The van der Waals surface area contributed by atoms with Gasteiger partial charge in [-0.1, -0.05) is 5.57 Å². The number of allylic oxidation sites excluding steroid dienone is 1. The molecule has 0 aromatic carbocycles. The number of halogens is 3. The monoisotopic (exact) mass is 255 g/mol. The predicted octanol–water partition coefficient (Wildman–Crippen LogP) is 2.43. The maximum atomic E-state index is 12.2. The van der Waals surface area contributed by atoms with Gasteiger partial charge in [0, 0.05) is 17.2 Å². The molecule has 0 amide bonds. The molecule has 2 nitrogen and oxygen atoms in total. The van der Waals surface area contributed by atoms with Gasteiger partial charge in [0.05, 0.1) is 0 Å². The molecular formula is C10H16F3NOS. The topological polar surface area (TPSA) is 46.2 Å². The minimum absolute atomic E-state index is 0.0931. The van der Waals surface area contributed by atoms with Gasteiger partial charge in [-0.2, -0.15) is 13.2 Å². The van der Waals surface area contributed by atoms with Crippen molar-refractivity contribution in [1.29, 1.82) is 0 Å². The van der Waals surface area contributed by atoms with Crippen LogP contribution in [0.2, 0.25) is 0 Å². The highest BCUT2D eigenvalue weighted by Gasteiger charge is 2.44. The molecule has 0 saturated heterocycles. The highest BCUT2D eigenvalue weighted by Crippen LogP contribution is 2.39. The van der Waals surface area contributed by atoms with E-state index >= 15 is 0 Å². The molecule has 0 aromatic rings. The summed E-state index contributed by atoms with van der Waals surface area (Å²) in [6.07, 6.45) is -6.71. The molecule has 3 atom stereocenters. The van der Waals surface area contributed by atoms with Crippen molar-refractivity contribution in [2.45, 2.75) is 49.8 Å². The first-order valence-corrected chi connectivity index (χ1v) is 5.92. The lowest BCUT2D eigenvalue weighted by Gasteiger charge is -2.33. The highest BCUT2D eigenvalue weighted by molar-refractivity contribution is 8.03. The Hall–Kier alpha value is -0.200. The molecule has 1 aliphatic heterocycles. The smallest absolute Gasteiger partial charge is 0.384 e. The van der Waals surface area contributed by atoms with Crippen LogP contribution < -0.4 is 5.73 Å². The van der Waals surface area contributed by atoms with Crippen molar-refractivity contribution < 1.29 is 18.3 Å². The molecule has 3 unspecified atom stereocenters. The molecule has 0 fully saturated rings. The summed E-state index contributed by atoms with van der Waals surface area (Å²) in [6, 6.07) is 0. The van der Waals surface area contributed by atoms with Crippen LogP contribution in [0.15, 0.2) is 11.0 Å². The zero-order chi connectivity index (χ0) is 12.6. The molecule has 0 radical (unpaired) electrons. The SMILES string of the molecule is CC1=CSC(C(C)(N)CC(O)C(F)(F)F)C1. The third kappa shape index (κ3) is 3.40. The van der Waals surface area contributed by atoms with Crippen molar-refractivity contribution in [2.75, 3.05) is 0 Å². The van der Waals surface area contributed by atoms with Gasteiger partial charge in [0.1, 0.15) is 0 Å². The van der Waals surface area contributed by atoms with Gasteiger partial charge < -0.3 is 10.8 Å². The number of hydrogen-bond donors (Lipinski definition) is 2. The van der Waals surface area contributed by atoms with Gasteiger partial charge in [0.25, 0.3) is 0 Å². The molecule has 0 aliphatic carbocycles. The first-order chi connectivity index (χ1) is 7.13. The Morgan fingerprint density at radius 2 is 2.19 bits per heavy atom. The summed E-state index contributed by atoms with van der Waals surface area (Å²) in [6.45, 7) is 3.48. The van der Waals surface area contributed by atoms with Crippen LogP contribution in [0.3, 0.4) is 0 Å². The van der Waals surface area contributed by atoms with Gasteiger partial charge in [-0.05, 0) is 25.7 Å². The van der Waals surface area contributed by atoms with E-state index in [0.717, 1.165) is 5.57 Å². The fourth-order valence-electron chi connectivity index (χ4n) is 1.64. The summed E-state index contributed by atoms with van der Waals surface area (Å²) >= 11 is 1.44. The van der Waals surface area contributed by atoms with Crippen LogP contribution in [-0.4, -0.2) is 28.2 Å². The maximum Gasteiger partial charge on any atom is 0.414 e. The van der Waals surface area contributed by atoms with Crippen molar-refractivity contribution in [2.24, 2.45) is 5.73 Å². The zero-order valence-electron chi connectivity index (χ0n) is 9.21. The van der Waals surface area contributed by atoms with E-state index in [2.05, 4.69) is 0 Å². The maximum absolute atomic E-state index is 12.2. The zero-order valence-corrected chi connectivity index (χ0v) is 10.0. The normalized spacial score (nSPS) is 27.4. The molecule has 0 spiro atoms. The Kier molecular flexibility index (Phi) is 3.97. The van der Waals surface area contributed by atoms with Crippen molar-refractivity contribution in [3.8, 4) is 0 Å². The second-order valence-electron chi connectivity index (χ2n) is 4.56. The molecule has 0 aromatic heterocycles. The highest BCUT2D eigenvalue weighted by atomic mass is 32.2. The lowest BCUT2D eigenvalue weighted by Crippen LogP contribution is -2.50. The number of alkyl halides is 3. The third-order valence-electron chi connectivity index (χ3n) is 2.69. The van der Waals surface area contributed by atoms with Gasteiger partial charge in [0.15, 0.2) is 6.10 Å². The summed E-state index contributed by atoms with van der Waals surface area (Å²) in [5.74, 6) is 0. The van der Waals surface area contributed by atoms with E-state index < -0.39 is 24.2 Å². The third-order valence-corrected chi connectivity index (χ3v) is 4.26. The first kappa shape index (κ1) is 13.9. The Balaban J connectivity index is 2.59. The van der Waals surface area contributed by atoms with Gasteiger partial charge in [0.2, 0.25) is 0 Å². The minimum Gasteiger partial charge on any atom is -0.384 e. The summed E-state index contributed by atoms with van der Waals surface area (Å²) in [5, 5.41) is 10.8. The van der Waals surface area contributed by atoms with Crippen LogP contribution in [0.4, 0.5) is 13.2 Å². The number of hydrogen-bond acceptors (Lipinski definition) is 3. The van der Waals surface area contributed by atoms with Crippen LogP contribution in [0.5, 0.6) is 0 Å². The Morgan fingerprint density at radius 3 is 2.56 bits per heavy atom. The molecule has 0 saturated carbocycles. The second-order valence-corrected chi connectivity index (χ2v) is 5.64. The van der Waals surface area contributed by atoms with Crippen LogP contribution in [0.25, 0.3) is 0 Å². The van der Waals surface area contributed by atoms with Crippen LogP contribution in [0.1, 0.15) is 26.7 Å². The number of nitrogens with two attached hydrogens (primary N) is 1. The van der Waals surface area contributed by atoms with E-state index in [9.17, 15) is 13.2 Å². The van der Waals surface area contributed by atoms with E-state index in [0.29, 0.717) is 6.42 Å². The Bertz CT molecular complexity index is 288. The Labute approximate surface area is 97.1 Å². The van der Waals surface area contributed by atoms with E-state index in [1.807, 2.05) is 12.3 Å². The van der Waals surface area contributed by atoms with Crippen LogP contribution in [0, 0.1) is 0 Å². The number of thioether (sulfide) groups is 1. The molecule has 3 N–H and O–H groups in total. The molecule has 1 rings (SSSR count). The Morgan fingerprint density at radius 1 is 1.62 bits per heavy atom. The lowest BCUT2D eigenvalue weighted by atomic mass is 9.88. The fourth-order valence-corrected chi connectivity index (χ4v) is 2.90.